The van der Waals surface area contributed by atoms with Crippen molar-refractivity contribution in [2.75, 3.05) is 0 Å². The summed E-state index contributed by atoms with van der Waals surface area (Å²) < 4.78 is 0.728. The highest BCUT2D eigenvalue weighted by atomic mass is 79.9. The van der Waals surface area contributed by atoms with Crippen LogP contribution in [-0.4, -0.2) is 5.78 Å². The highest BCUT2D eigenvalue weighted by Crippen LogP contribution is 2.29. The molecule has 1 heterocycles. The second-order valence-electron chi connectivity index (χ2n) is 3.58. The van der Waals surface area contributed by atoms with Crippen LogP contribution in [-0.2, 0) is 0 Å². The minimum absolute atomic E-state index is 0.193. The molecule has 0 aliphatic rings. The minimum atomic E-state index is -0.794. The number of hydrogen-bond acceptors (Lipinski definition) is 3. The summed E-state index contributed by atoms with van der Waals surface area (Å²) in [4.78, 5) is 12.8. The van der Waals surface area contributed by atoms with Crippen molar-refractivity contribution in [3.8, 4) is 6.07 Å². The SMILES string of the molecule is N#CC(C(=O)c1sccc1Br)c1ccc(Cl)cc1. The number of carbonyl (C=O) groups is 1. The third-order valence-corrected chi connectivity index (χ3v) is 4.54. The molecule has 2 rings (SSSR count). The molecule has 0 bridgehead atoms. The van der Waals surface area contributed by atoms with Gasteiger partial charge in [0.15, 0.2) is 5.78 Å². The van der Waals surface area contributed by atoms with E-state index in [4.69, 9.17) is 11.6 Å². The third-order valence-electron chi connectivity index (χ3n) is 2.44. The normalized spacial score (nSPS) is 11.8. The topological polar surface area (TPSA) is 40.9 Å². The van der Waals surface area contributed by atoms with Gasteiger partial charge in [-0.15, -0.1) is 11.3 Å². The lowest BCUT2D eigenvalue weighted by atomic mass is 9.95. The summed E-state index contributed by atoms with van der Waals surface area (Å²) >= 11 is 10.4. The van der Waals surface area contributed by atoms with E-state index >= 15 is 0 Å². The Morgan fingerprint density at radius 1 is 1.33 bits per heavy atom. The quantitative estimate of drug-likeness (QED) is 0.763. The molecule has 0 fully saturated rings. The summed E-state index contributed by atoms with van der Waals surface area (Å²) in [7, 11) is 0. The number of Topliss-reactive ketones (excluding diaryl/α,β-unsaturated/α-hetero) is 1. The lowest BCUT2D eigenvalue weighted by Crippen LogP contribution is -2.10. The van der Waals surface area contributed by atoms with E-state index in [1.165, 1.54) is 11.3 Å². The molecule has 0 spiro atoms. The van der Waals surface area contributed by atoms with E-state index in [1.807, 2.05) is 11.4 Å². The molecule has 0 N–H and O–H groups in total. The van der Waals surface area contributed by atoms with Gasteiger partial charge >= 0.3 is 0 Å². The summed E-state index contributed by atoms with van der Waals surface area (Å²) in [5.74, 6) is -0.987. The molecule has 0 aliphatic carbocycles. The van der Waals surface area contributed by atoms with Gasteiger partial charge in [0.1, 0.15) is 5.92 Å². The average Bonchev–Trinajstić information content (AvgIpc) is 2.78. The molecular formula is C13H7BrClNOS. The predicted molar refractivity (Wildman–Crippen MR) is 76.2 cm³/mol. The van der Waals surface area contributed by atoms with Gasteiger partial charge in [0, 0.05) is 9.50 Å². The lowest BCUT2D eigenvalue weighted by Gasteiger charge is -2.07. The molecule has 0 aliphatic heterocycles. The van der Waals surface area contributed by atoms with E-state index in [2.05, 4.69) is 15.9 Å². The molecule has 2 nitrogen and oxygen atoms in total. The van der Waals surface area contributed by atoms with Gasteiger partial charge in [0.25, 0.3) is 0 Å². The molecule has 0 saturated heterocycles. The zero-order valence-corrected chi connectivity index (χ0v) is 12.2. The van der Waals surface area contributed by atoms with Gasteiger partial charge in [-0.2, -0.15) is 5.26 Å². The molecule has 0 amide bonds. The van der Waals surface area contributed by atoms with Crippen LogP contribution in [0.3, 0.4) is 0 Å². The first kappa shape index (κ1) is 13.3. The Morgan fingerprint density at radius 3 is 2.50 bits per heavy atom. The van der Waals surface area contributed by atoms with E-state index in [-0.39, 0.29) is 5.78 Å². The number of nitrogens with zero attached hydrogens (tertiary/aromatic N) is 1. The molecule has 2 aromatic rings. The van der Waals surface area contributed by atoms with Gasteiger partial charge in [0.05, 0.1) is 10.9 Å². The van der Waals surface area contributed by atoms with Crippen LogP contribution >= 0.6 is 38.9 Å². The number of nitriles is 1. The standard InChI is InChI=1S/C13H7BrClNOS/c14-11-5-6-18-13(11)12(17)10(7-16)8-1-3-9(15)4-2-8/h1-6,10H. The second kappa shape index (κ2) is 5.66. The monoisotopic (exact) mass is 339 g/mol. The number of carbonyl (C=O) groups excluding carboxylic acids is 1. The van der Waals surface area contributed by atoms with Gasteiger partial charge in [-0.1, -0.05) is 23.7 Å². The fraction of sp³-hybridized carbons (Fsp3) is 0.0769. The van der Waals surface area contributed by atoms with Crippen molar-refractivity contribution in [2.24, 2.45) is 0 Å². The summed E-state index contributed by atoms with van der Waals surface area (Å²) in [5.41, 5.74) is 0.659. The van der Waals surface area contributed by atoms with E-state index in [0.717, 1.165) is 4.47 Å². The first-order valence-corrected chi connectivity index (χ1v) is 7.11. The van der Waals surface area contributed by atoms with E-state index in [0.29, 0.717) is 15.5 Å². The Kier molecular flexibility index (Phi) is 4.18. The maximum Gasteiger partial charge on any atom is 0.195 e. The molecule has 90 valence electrons. The molecule has 0 saturated carbocycles. The van der Waals surface area contributed by atoms with Crippen molar-refractivity contribution in [2.45, 2.75) is 5.92 Å². The molecule has 1 aromatic carbocycles. The lowest BCUT2D eigenvalue weighted by molar-refractivity contribution is 0.0982. The number of halogens is 2. The molecule has 1 aromatic heterocycles. The smallest absolute Gasteiger partial charge is 0.195 e. The van der Waals surface area contributed by atoms with Crippen LogP contribution in [0.15, 0.2) is 40.2 Å². The summed E-state index contributed by atoms with van der Waals surface area (Å²) in [6, 6.07) is 10.6. The van der Waals surface area contributed by atoms with E-state index in [9.17, 15) is 10.1 Å². The fourth-order valence-electron chi connectivity index (χ4n) is 1.54. The minimum Gasteiger partial charge on any atom is -0.291 e. The first-order valence-electron chi connectivity index (χ1n) is 5.05. The van der Waals surface area contributed by atoms with Crippen LogP contribution in [0.25, 0.3) is 0 Å². The number of thiophene rings is 1. The number of ketones is 1. The first-order chi connectivity index (χ1) is 8.63. The van der Waals surface area contributed by atoms with Crippen molar-refractivity contribution in [1.29, 1.82) is 5.26 Å². The Hall–Kier alpha value is -1.15. The Morgan fingerprint density at radius 2 is 2.00 bits per heavy atom. The fourth-order valence-corrected chi connectivity index (χ4v) is 3.20. The molecule has 1 unspecified atom stereocenters. The largest absolute Gasteiger partial charge is 0.291 e. The maximum atomic E-state index is 12.3. The number of benzene rings is 1. The van der Waals surface area contributed by atoms with Gasteiger partial charge in [0.2, 0.25) is 0 Å². The maximum absolute atomic E-state index is 12.3. The van der Waals surface area contributed by atoms with Crippen LogP contribution in [0.1, 0.15) is 21.2 Å². The highest BCUT2D eigenvalue weighted by Gasteiger charge is 2.24. The predicted octanol–water partition coefficient (Wildman–Crippen LogP) is 4.65. The molecule has 0 radical (unpaired) electrons. The number of hydrogen-bond donors (Lipinski definition) is 0. The van der Waals surface area contributed by atoms with E-state index in [1.54, 1.807) is 30.3 Å². The molecule has 18 heavy (non-hydrogen) atoms. The van der Waals surface area contributed by atoms with Crippen molar-refractivity contribution < 1.29 is 4.79 Å². The average molecular weight is 341 g/mol. The number of rotatable bonds is 3. The van der Waals surface area contributed by atoms with Crippen LogP contribution in [0.4, 0.5) is 0 Å². The zero-order chi connectivity index (χ0) is 13.1. The molecule has 5 heteroatoms. The Bertz CT molecular complexity index is 615. The van der Waals surface area contributed by atoms with Crippen molar-refractivity contribution >= 4 is 44.7 Å². The van der Waals surface area contributed by atoms with Gasteiger partial charge in [-0.25, -0.2) is 0 Å². The summed E-state index contributed by atoms with van der Waals surface area (Å²) in [6.07, 6.45) is 0. The van der Waals surface area contributed by atoms with Crippen molar-refractivity contribution in [1.82, 2.24) is 0 Å². The van der Waals surface area contributed by atoms with Gasteiger partial charge in [-0.3, -0.25) is 4.79 Å². The highest BCUT2D eigenvalue weighted by molar-refractivity contribution is 9.10. The second-order valence-corrected chi connectivity index (χ2v) is 5.78. The third kappa shape index (κ3) is 2.64. The van der Waals surface area contributed by atoms with E-state index < -0.39 is 5.92 Å². The summed E-state index contributed by atoms with van der Waals surface area (Å²) in [5, 5.41) is 11.6. The Balaban J connectivity index is 2.36. The van der Waals surface area contributed by atoms with Crippen LogP contribution in [0, 0.1) is 11.3 Å². The zero-order valence-electron chi connectivity index (χ0n) is 9.06. The van der Waals surface area contributed by atoms with Gasteiger partial charge < -0.3 is 0 Å². The Labute approximate surface area is 122 Å². The van der Waals surface area contributed by atoms with Crippen molar-refractivity contribution in [3.63, 3.8) is 0 Å². The summed E-state index contributed by atoms with van der Waals surface area (Å²) in [6.45, 7) is 0. The molecular weight excluding hydrogens is 334 g/mol. The van der Waals surface area contributed by atoms with Gasteiger partial charge in [-0.05, 0) is 45.1 Å². The van der Waals surface area contributed by atoms with Crippen LogP contribution < -0.4 is 0 Å². The van der Waals surface area contributed by atoms with Crippen molar-refractivity contribution in [3.05, 3.63) is 55.6 Å². The molecule has 1 atom stereocenters. The van der Waals surface area contributed by atoms with Crippen LogP contribution in [0.5, 0.6) is 0 Å². The van der Waals surface area contributed by atoms with Crippen LogP contribution in [0.2, 0.25) is 5.02 Å².